The van der Waals surface area contributed by atoms with Gasteiger partial charge in [0, 0.05) is 33.1 Å². The summed E-state index contributed by atoms with van der Waals surface area (Å²) in [5.41, 5.74) is 1.09. The van der Waals surface area contributed by atoms with Crippen molar-refractivity contribution < 1.29 is 26.7 Å². The maximum atomic E-state index is 14.4. The molecule has 33 heavy (non-hydrogen) atoms. The summed E-state index contributed by atoms with van der Waals surface area (Å²) in [7, 11) is -0.823. The van der Waals surface area contributed by atoms with Crippen LogP contribution < -0.4 is 4.72 Å². The Morgan fingerprint density at radius 1 is 1.12 bits per heavy atom. The second kappa shape index (κ2) is 9.46. The number of ether oxygens (including phenoxy) is 1. The Bertz CT molecular complexity index is 1120. The first-order valence-corrected chi connectivity index (χ1v) is 12.2. The van der Waals surface area contributed by atoms with Crippen molar-refractivity contribution in [1.29, 1.82) is 0 Å². The fourth-order valence-electron chi connectivity index (χ4n) is 4.25. The van der Waals surface area contributed by atoms with Crippen molar-refractivity contribution in [1.82, 2.24) is 13.9 Å². The molecule has 1 N–H and O–H groups in total. The lowest BCUT2D eigenvalue weighted by atomic mass is 9.95. The van der Waals surface area contributed by atoms with Gasteiger partial charge >= 0.3 is 0 Å². The van der Waals surface area contributed by atoms with Crippen molar-refractivity contribution in [3.05, 3.63) is 59.7 Å². The zero-order valence-electron chi connectivity index (χ0n) is 18.5. The van der Waals surface area contributed by atoms with Crippen molar-refractivity contribution in [2.75, 3.05) is 40.4 Å². The molecule has 2 aromatic carbocycles. The number of amides is 1. The summed E-state index contributed by atoms with van der Waals surface area (Å²) in [6.07, 6.45) is 0.567. The molecule has 1 amide bonds. The third-order valence-electron chi connectivity index (χ3n) is 6.07. The van der Waals surface area contributed by atoms with E-state index in [0.29, 0.717) is 25.1 Å². The van der Waals surface area contributed by atoms with Crippen LogP contribution in [0.2, 0.25) is 0 Å². The van der Waals surface area contributed by atoms with Gasteiger partial charge < -0.3 is 9.64 Å². The normalized spacial score (nSPS) is 23.4. The number of benzene rings is 2. The molecule has 1 heterocycles. The van der Waals surface area contributed by atoms with Crippen LogP contribution in [0.25, 0.3) is 11.1 Å². The lowest BCUT2D eigenvalue weighted by Crippen LogP contribution is -2.49. The van der Waals surface area contributed by atoms with Gasteiger partial charge in [0.1, 0.15) is 11.6 Å². The molecule has 1 aliphatic carbocycles. The lowest BCUT2D eigenvalue weighted by Gasteiger charge is -2.25. The average molecular weight is 480 g/mol. The van der Waals surface area contributed by atoms with E-state index in [4.69, 9.17) is 4.74 Å². The number of hydrogen-bond acceptors (Lipinski definition) is 4. The van der Waals surface area contributed by atoms with Crippen molar-refractivity contribution in [2.45, 2.75) is 18.4 Å². The second-order valence-electron chi connectivity index (χ2n) is 8.59. The highest BCUT2D eigenvalue weighted by molar-refractivity contribution is 7.87. The zero-order valence-corrected chi connectivity index (χ0v) is 19.3. The van der Waals surface area contributed by atoms with E-state index in [9.17, 15) is 22.0 Å². The Labute approximate surface area is 192 Å². The van der Waals surface area contributed by atoms with Gasteiger partial charge in [0.15, 0.2) is 0 Å². The number of nitrogens with one attached hydrogen (secondary N) is 1. The number of carbonyl (C=O) groups is 1. The van der Waals surface area contributed by atoms with Gasteiger partial charge in [0.2, 0.25) is 5.91 Å². The predicted molar refractivity (Wildman–Crippen MR) is 120 cm³/mol. The highest BCUT2D eigenvalue weighted by Crippen LogP contribution is 2.51. The number of nitrogens with zero attached hydrogens (tertiary/aromatic N) is 2. The van der Waals surface area contributed by atoms with Crippen LogP contribution in [0.15, 0.2) is 42.5 Å². The van der Waals surface area contributed by atoms with E-state index >= 15 is 0 Å². The van der Waals surface area contributed by atoms with Crippen LogP contribution in [0.4, 0.5) is 8.78 Å². The van der Waals surface area contributed by atoms with Gasteiger partial charge in [-0.15, -0.1) is 0 Å². The van der Waals surface area contributed by atoms with Gasteiger partial charge in [-0.2, -0.15) is 17.4 Å². The topological polar surface area (TPSA) is 79.0 Å². The molecule has 1 saturated heterocycles. The fraction of sp³-hybridized carbons (Fsp3) is 0.435. The van der Waals surface area contributed by atoms with Gasteiger partial charge in [-0.1, -0.05) is 30.3 Å². The van der Waals surface area contributed by atoms with E-state index in [1.165, 1.54) is 32.3 Å². The molecule has 4 rings (SSSR count). The molecule has 0 radical (unpaired) electrons. The molecule has 2 aliphatic rings. The quantitative estimate of drug-likeness (QED) is 0.690. The van der Waals surface area contributed by atoms with Crippen LogP contribution in [0.3, 0.4) is 0 Å². The summed E-state index contributed by atoms with van der Waals surface area (Å²) in [4.78, 5) is 14.9. The molecular formula is C23H27F2N3O4S. The maximum Gasteiger partial charge on any atom is 0.279 e. The Morgan fingerprint density at radius 3 is 2.52 bits per heavy atom. The smallest absolute Gasteiger partial charge is 0.279 e. The SMILES string of the molecule is CN(C)S(=O)(=O)N[C@@H]1COCCN(C(=O)[C@@H]2C[C@H]2c2ccccc2-c2c(F)cccc2F)C1. The lowest BCUT2D eigenvalue weighted by molar-refractivity contribution is -0.132. The number of carbonyl (C=O) groups excluding carboxylic acids is 1. The standard InChI is InChI=1S/C23H27F2N3O4S/c1-27(2)33(30,31)26-15-13-28(10-11-32-14-15)23(29)19-12-18(19)16-6-3-4-7-17(16)22-20(24)8-5-9-21(22)25/h3-9,15,18-19,26H,10-14H2,1-2H3/t15-,18-,19+/m0/s1. The van der Waals surface area contributed by atoms with Gasteiger partial charge in [-0.3, -0.25) is 4.79 Å². The zero-order chi connectivity index (χ0) is 23.8. The van der Waals surface area contributed by atoms with Crippen LogP contribution in [-0.4, -0.2) is 70.0 Å². The average Bonchev–Trinajstić information content (AvgIpc) is 3.57. The van der Waals surface area contributed by atoms with Crippen LogP contribution in [-0.2, 0) is 19.7 Å². The van der Waals surface area contributed by atoms with E-state index in [2.05, 4.69) is 4.72 Å². The molecule has 2 fully saturated rings. The summed E-state index contributed by atoms with van der Waals surface area (Å²) >= 11 is 0. The minimum Gasteiger partial charge on any atom is -0.378 e. The van der Waals surface area contributed by atoms with Gasteiger partial charge in [-0.05, 0) is 35.6 Å². The van der Waals surface area contributed by atoms with Crippen molar-refractivity contribution >= 4 is 16.1 Å². The van der Waals surface area contributed by atoms with Gasteiger partial charge in [-0.25, -0.2) is 8.78 Å². The van der Waals surface area contributed by atoms with Gasteiger partial charge in [0.25, 0.3) is 10.2 Å². The fourth-order valence-corrected chi connectivity index (χ4v) is 5.02. The molecule has 10 heteroatoms. The van der Waals surface area contributed by atoms with E-state index < -0.39 is 27.9 Å². The Balaban J connectivity index is 1.51. The van der Waals surface area contributed by atoms with Crippen LogP contribution in [0, 0.1) is 17.6 Å². The Hall–Kier alpha value is -2.40. The molecular weight excluding hydrogens is 452 g/mol. The summed E-state index contributed by atoms with van der Waals surface area (Å²) < 4.78 is 62.4. The summed E-state index contributed by atoms with van der Waals surface area (Å²) in [6, 6.07) is 10.2. The first-order chi connectivity index (χ1) is 15.7. The number of halogens is 2. The monoisotopic (exact) mass is 479 g/mol. The maximum absolute atomic E-state index is 14.4. The Morgan fingerprint density at radius 2 is 1.82 bits per heavy atom. The second-order valence-corrected chi connectivity index (χ2v) is 10.5. The summed E-state index contributed by atoms with van der Waals surface area (Å²) in [5, 5.41) is 0. The molecule has 0 aromatic heterocycles. The molecule has 0 spiro atoms. The molecule has 3 atom stereocenters. The van der Waals surface area contributed by atoms with Crippen LogP contribution in [0.1, 0.15) is 17.9 Å². The highest BCUT2D eigenvalue weighted by Gasteiger charge is 2.47. The largest absolute Gasteiger partial charge is 0.378 e. The number of rotatable bonds is 6. The van der Waals surface area contributed by atoms with Crippen molar-refractivity contribution in [3.8, 4) is 11.1 Å². The van der Waals surface area contributed by atoms with Crippen molar-refractivity contribution in [3.63, 3.8) is 0 Å². The molecule has 2 aromatic rings. The third kappa shape index (κ3) is 5.08. The van der Waals surface area contributed by atoms with E-state index in [1.54, 1.807) is 29.2 Å². The summed E-state index contributed by atoms with van der Waals surface area (Å²) in [6.45, 7) is 1.02. The third-order valence-corrected chi connectivity index (χ3v) is 7.67. The van der Waals surface area contributed by atoms with Crippen LogP contribution in [0.5, 0.6) is 0 Å². The number of hydrogen-bond donors (Lipinski definition) is 1. The molecule has 1 aliphatic heterocycles. The van der Waals surface area contributed by atoms with Crippen LogP contribution >= 0.6 is 0 Å². The van der Waals surface area contributed by atoms with E-state index in [-0.39, 0.29) is 36.5 Å². The minimum absolute atomic E-state index is 0.0903. The van der Waals surface area contributed by atoms with Gasteiger partial charge in [0.05, 0.1) is 24.8 Å². The molecule has 0 unspecified atom stereocenters. The highest BCUT2D eigenvalue weighted by atomic mass is 32.2. The molecule has 7 nitrogen and oxygen atoms in total. The summed E-state index contributed by atoms with van der Waals surface area (Å²) in [5.74, 6) is -1.89. The van der Waals surface area contributed by atoms with Crippen molar-refractivity contribution in [2.24, 2.45) is 5.92 Å². The first kappa shape index (κ1) is 23.7. The minimum atomic E-state index is -3.67. The first-order valence-electron chi connectivity index (χ1n) is 10.8. The molecule has 178 valence electrons. The predicted octanol–water partition coefficient (Wildman–Crippen LogP) is 2.36. The molecule has 1 saturated carbocycles. The Kier molecular flexibility index (Phi) is 6.81. The van der Waals surface area contributed by atoms with E-state index in [1.807, 2.05) is 0 Å². The van der Waals surface area contributed by atoms with E-state index in [0.717, 1.165) is 9.87 Å². The molecule has 0 bridgehead atoms.